The molecule has 0 radical (unpaired) electrons. The van der Waals surface area contributed by atoms with Gasteiger partial charge in [-0.05, 0) is 14.1 Å². The van der Waals surface area contributed by atoms with Gasteiger partial charge in [0.2, 0.25) is 0 Å². The third-order valence-electron chi connectivity index (χ3n) is 0.500. The van der Waals surface area contributed by atoms with Gasteiger partial charge in [0.05, 0.1) is 0 Å². The molecule has 0 aromatic rings. The highest BCUT2D eigenvalue weighted by Gasteiger charge is 1.56. The molecule has 0 saturated carbocycles. The summed E-state index contributed by atoms with van der Waals surface area (Å²) in [5, 5.41) is 2.75. The molecule has 1 nitrogen and oxygen atoms in total. The van der Waals surface area contributed by atoms with Crippen molar-refractivity contribution in [2.24, 2.45) is 0 Å². The van der Waals surface area contributed by atoms with Crippen LogP contribution in [0.4, 0.5) is 0 Å². The fraction of sp³-hybridized carbons (Fsp3) is 1.00. The zero-order valence-electron chi connectivity index (χ0n) is 9.91. The first-order valence-electron chi connectivity index (χ1n) is 4.91. The van der Waals surface area contributed by atoms with Crippen LogP contribution in [0, 0.1) is 0 Å². The second kappa shape index (κ2) is 91.3. The number of hydrogen-bond donors (Lipinski definition) is 1. The zero-order chi connectivity index (χ0) is 10.1. The zero-order valence-corrected chi connectivity index (χ0v) is 9.91. The molecular formula is C10H29N. The third-order valence-corrected chi connectivity index (χ3v) is 0.500. The summed E-state index contributed by atoms with van der Waals surface area (Å²) < 4.78 is 0. The van der Waals surface area contributed by atoms with Gasteiger partial charge in [-0.1, -0.05) is 54.4 Å². The normalized spacial score (nSPS) is 5.45. The van der Waals surface area contributed by atoms with Crippen molar-refractivity contribution in [1.82, 2.24) is 5.32 Å². The van der Waals surface area contributed by atoms with Crippen molar-refractivity contribution < 1.29 is 0 Å². The second-order valence-electron chi connectivity index (χ2n) is 1.50. The van der Waals surface area contributed by atoms with Gasteiger partial charge < -0.3 is 5.32 Å². The molecule has 0 aliphatic heterocycles. The van der Waals surface area contributed by atoms with Crippen molar-refractivity contribution in [2.75, 3.05) is 14.1 Å². The first-order valence-corrected chi connectivity index (χ1v) is 4.91. The molecule has 0 atom stereocenters. The SMILES string of the molecule is CC.CC.CCCC.CNC. The summed E-state index contributed by atoms with van der Waals surface area (Å²) >= 11 is 0. The summed E-state index contributed by atoms with van der Waals surface area (Å²) in [5.74, 6) is 0. The molecule has 0 aliphatic rings. The van der Waals surface area contributed by atoms with Crippen LogP contribution in [0.2, 0.25) is 0 Å². The molecule has 0 unspecified atom stereocenters. The molecule has 74 valence electrons. The lowest BCUT2D eigenvalue weighted by Gasteiger charge is -1.68. The molecule has 1 N–H and O–H groups in total. The lowest BCUT2D eigenvalue weighted by molar-refractivity contribution is 0.886. The Labute approximate surface area is 74.6 Å². The maximum atomic E-state index is 2.75. The van der Waals surface area contributed by atoms with Crippen molar-refractivity contribution in [3.63, 3.8) is 0 Å². The Hall–Kier alpha value is -0.0400. The first-order chi connectivity index (χ1) is 5.33. The van der Waals surface area contributed by atoms with E-state index in [9.17, 15) is 0 Å². The molecule has 0 bridgehead atoms. The van der Waals surface area contributed by atoms with E-state index >= 15 is 0 Å². The van der Waals surface area contributed by atoms with E-state index in [1.165, 1.54) is 12.8 Å². The Bertz CT molecular complexity index is 12.3. The Morgan fingerprint density at radius 1 is 0.727 bits per heavy atom. The average molecular weight is 163 g/mol. The molecule has 1 heteroatoms. The highest BCUT2D eigenvalue weighted by molar-refractivity contribution is 4.12. The van der Waals surface area contributed by atoms with Crippen LogP contribution in [0.15, 0.2) is 0 Å². The van der Waals surface area contributed by atoms with Gasteiger partial charge in [0.1, 0.15) is 0 Å². The third kappa shape index (κ3) is 685. The van der Waals surface area contributed by atoms with E-state index in [1.54, 1.807) is 0 Å². The molecule has 11 heavy (non-hydrogen) atoms. The topological polar surface area (TPSA) is 12.0 Å². The summed E-state index contributed by atoms with van der Waals surface area (Å²) in [4.78, 5) is 0. The van der Waals surface area contributed by atoms with Gasteiger partial charge in [0, 0.05) is 0 Å². The highest BCUT2D eigenvalue weighted by atomic mass is 14.7. The van der Waals surface area contributed by atoms with E-state index in [1.807, 2.05) is 41.8 Å². The second-order valence-corrected chi connectivity index (χ2v) is 1.50. The van der Waals surface area contributed by atoms with E-state index in [-0.39, 0.29) is 0 Å². The molecule has 0 aliphatic carbocycles. The number of nitrogens with one attached hydrogen (secondary N) is 1. The fourth-order valence-corrected chi connectivity index (χ4v) is 0. The van der Waals surface area contributed by atoms with E-state index in [0.29, 0.717) is 0 Å². The maximum Gasteiger partial charge on any atom is -0.0167 e. The van der Waals surface area contributed by atoms with Crippen LogP contribution >= 0.6 is 0 Å². The average Bonchev–Trinajstić information content (AvgIpc) is 2.12. The summed E-state index contributed by atoms with van der Waals surface area (Å²) in [5.41, 5.74) is 0. The van der Waals surface area contributed by atoms with Crippen molar-refractivity contribution in [2.45, 2.75) is 54.4 Å². The highest BCUT2D eigenvalue weighted by Crippen LogP contribution is 1.76. The predicted octanol–water partition coefficient (Wildman–Crippen LogP) is 3.69. The van der Waals surface area contributed by atoms with Crippen LogP contribution in [0.1, 0.15) is 54.4 Å². The minimum Gasteiger partial charge on any atom is -0.323 e. The molecule has 0 spiro atoms. The van der Waals surface area contributed by atoms with E-state index in [0.717, 1.165) is 0 Å². The van der Waals surface area contributed by atoms with Gasteiger partial charge in [0.25, 0.3) is 0 Å². The summed E-state index contributed by atoms with van der Waals surface area (Å²) in [6.45, 7) is 12.4. The smallest absolute Gasteiger partial charge is 0.0167 e. The largest absolute Gasteiger partial charge is 0.323 e. The van der Waals surface area contributed by atoms with E-state index < -0.39 is 0 Å². The Balaban J connectivity index is -0.0000000315. The quantitative estimate of drug-likeness (QED) is 0.621. The van der Waals surface area contributed by atoms with Gasteiger partial charge in [0.15, 0.2) is 0 Å². The number of unbranched alkanes of at least 4 members (excludes halogenated alkanes) is 1. The standard InChI is InChI=1S/C4H10.C2H7N.2C2H6/c1-3-4-2;1-3-2;2*1-2/h3-4H2,1-2H3;3H,1-2H3;2*1-2H3. The van der Waals surface area contributed by atoms with Gasteiger partial charge in [-0.3, -0.25) is 0 Å². The molecule has 0 amide bonds. The van der Waals surface area contributed by atoms with Crippen LogP contribution in [-0.4, -0.2) is 14.1 Å². The molecule has 0 heterocycles. The van der Waals surface area contributed by atoms with Crippen molar-refractivity contribution in [3.05, 3.63) is 0 Å². The van der Waals surface area contributed by atoms with Crippen LogP contribution in [-0.2, 0) is 0 Å². The van der Waals surface area contributed by atoms with Crippen LogP contribution < -0.4 is 5.32 Å². The van der Waals surface area contributed by atoms with Gasteiger partial charge in [-0.2, -0.15) is 0 Å². The van der Waals surface area contributed by atoms with Crippen LogP contribution in [0.5, 0.6) is 0 Å². The number of rotatable bonds is 1. The predicted molar refractivity (Wildman–Crippen MR) is 58.3 cm³/mol. The number of hydrogen-bond acceptors (Lipinski definition) is 1. The van der Waals surface area contributed by atoms with E-state index in [4.69, 9.17) is 0 Å². The van der Waals surface area contributed by atoms with Crippen molar-refractivity contribution in [1.29, 1.82) is 0 Å². The summed E-state index contributed by atoms with van der Waals surface area (Å²) in [6, 6.07) is 0. The van der Waals surface area contributed by atoms with E-state index in [2.05, 4.69) is 19.2 Å². The Kier molecular flexibility index (Phi) is 186. The monoisotopic (exact) mass is 163 g/mol. The molecule has 0 aromatic heterocycles. The van der Waals surface area contributed by atoms with Crippen LogP contribution in [0.3, 0.4) is 0 Å². The molecular weight excluding hydrogens is 134 g/mol. The Morgan fingerprint density at radius 3 is 0.818 bits per heavy atom. The van der Waals surface area contributed by atoms with Gasteiger partial charge in [-0.15, -0.1) is 0 Å². The lowest BCUT2D eigenvalue weighted by Crippen LogP contribution is -1.89. The molecule has 0 fully saturated rings. The maximum absolute atomic E-state index is 2.75. The molecule has 0 saturated heterocycles. The minimum atomic E-state index is 1.32. The molecule has 0 aromatic carbocycles. The van der Waals surface area contributed by atoms with Crippen molar-refractivity contribution in [3.8, 4) is 0 Å². The molecule has 0 rings (SSSR count). The Morgan fingerprint density at radius 2 is 0.818 bits per heavy atom. The van der Waals surface area contributed by atoms with Crippen molar-refractivity contribution >= 4 is 0 Å². The lowest BCUT2D eigenvalue weighted by atomic mass is 10.4. The van der Waals surface area contributed by atoms with Gasteiger partial charge >= 0.3 is 0 Å². The van der Waals surface area contributed by atoms with Crippen LogP contribution in [0.25, 0.3) is 0 Å². The first kappa shape index (κ1) is 22.4. The summed E-state index contributed by atoms with van der Waals surface area (Å²) in [7, 11) is 3.75. The fourth-order valence-electron chi connectivity index (χ4n) is 0. The minimum absolute atomic E-state index is 1.32. The summed E-state index contributed by atoms with van der Waals surface area (Å²) in [6.07, 6.45) is 2.64. The van der Waals surface area contributed by atoms with Gasteiger partial charge in [-0.25, -0.2) is 0 Å².